The number of benzene rings is 2. The summed E-state index contributed by atoms with van der Waals surface area (Å²) in [7, 11) is 0. The molecule has 2 aromatic carbocycles. The molecule has 4 rings (SSSR count). The van der Waals surface area contributed by atoms with Crippen molar-refractivity contribution < 1.29 is 14.3 Å². The Balaban J connectivity index is 1.57. The third-order valence-corrected chi connectivity index (χ3v) is 4.78. The number of carbonyl (C=O) groups excluding carboxylic acids is 1. The molecule has 1 aliphatic heterocycles. The largest absolute Gasteiger partial charge is 0.488 e. The van der Waals surface area contributed by atoms with Crippen LogP contribution in [-0.2, 0) is 11.3 Å². The molecular weight excluding hydrogens is 340 g/mol. The highest BCUT2D eigenvalue weighted by Crippen LogP contribution is 2.31. The minimum atomic E-state index is -0.0234. The molecule has 138 valence electrons. The van der Waals surface area contributed by atoms with Gasteiger partial charge in [-0.15, -0.1) is 0 Å². The van der Waals surface area contributed by atoms with Gasteiger partial charge in [-0.05, 0) is 36.5 Å². The van der Waals surface area contributed by atoms with Gasteiger partial charge in [0.25, 0.3) is 0 Å². The number of rotatable bonds is 6. The number of hydrogen-bond acceptors (Lipinski definition) is 4. The van der Waals surface area contributed by atoms with E-state index in [-0.39, 0.29) is 6.23 Å². The first-order valence-electron chi connectivity index (χ1n) is 9.26. The van der Waals surface area contributed by atoms with Crippen LogP contribution < -0.4 is 4.74 Å². The van der Waals surface area contributed by atoms with Gasteiger partial charge >= 0.3 is 0 Å². The summed E-state index contributed by atoms with van der Waals surface area (Å²) in [5.41, 5.74) is 3.30. The lowest BCUT2D eigenvalue weighted by Gasteiger charge is -2.22. The number of aldehydes is 1. The van der Waals surface area contributed by atoms with Gasteiger partial charge in [0.1, 0.15) is 18.6 Å². The van der Waals surface area contributed by atoms with E-state index in [0.29, 0.717) is 17.9 Å². The molecule has 5 nitrogen and oxygen atoms in total. The van der Waals surface area contributed by atoms with Crippen molar-refractivity contribution >= 4 is 6.29 Å². The van der Waals surface area contributed by atoms with Crippen molar-refractivity contribution in [3.63, 3.8) is 0 Å². The summed E-state index contributed by atoms with van der Waals surface area (Å²) >= 11 is 0. The van der Waals surface area contributed by atoms with Crippen molar-refractivity contribution in [3.05, 3.63) is 72.1 Å². The fourth-order valence-electron chi connectivity index (χ4n) is 3.35. The molecule has 0 amide bonds. The standard InChI is InChI=1S/C22H22N2O3/c25-15-20-19(18-13-23-24(14-18)22-11-4-5-12-26-22)9-6-10-21(20)27-16-17-7-2-1-3-8-17/h1-3,6-10,13-15,22H,4-5,11-12,16H2. The third kappa shape index (κ3) is 3.93. The molecule has 2 heterocycles. The van der Waals surface area contributed by atoms with Crippen LogP contribution in [0.4, 0.5) is 0 Å². The van der Waals surface area contributed by atoms with Crippen LogP contribution in [0.3, 0.4) is 0 Å². The summed E-state index contributed by atoms with van der Waals surface area (Å²) in [4.78, 5) is 11.8. The summed E-state index contributed by atoms with van der Waals surface area (Å²) in [6.07, 6.45) is 7.75. The van der Waals surface area contributed by atoms with E-state index >= 15 is 0 Å². The highest BCUT2D eigenvalue weighted by atomic mass is 16.5. The van der Waals surface area contributed by atoms with Crippen LogP contribution in [0.15, 0.2) is 60.9 Å². The molecule has 27 heavy (non-hydrogen) atoms. The Hall–Kier alpha value is -2.92. The van der Waals surface area contributed by atoms with Crippen LogP contribution in [0.1, 0.15) is 41.4 Å². The number of hydrogen-bond donors (Lipinski definition) is 0. The van der Waals surface area contributed by atoms with E-state index in [1.54, 1.807) is 6.20 Å². The highest BCUT2D eigenvalue weighted by Gasteiger charge is 2.18. The summed E-state index contributed by atoms with van der Waals surface area (Å²) in [5, 5.41) is 4.45. The zero-order valence-corrected chi connectivity index (χ0v) is 15.1. The second kappa shape index (κ2) is 8.18. The molecule has 1 aromatic heterocycles. The zero-order valence-electron chi connectivity index (χ0n) is 15.1. The summed E-state index contributed by atoms with van der Waals surface area (Å²) < 4.78 is 13.6. The number of aromatic nitrogens is 2. The Bertz CT molecular complexity index is 899. The van der Waals surface area contributed by atoms with E-state index < -0.39 is 0 Å². The SMILES string of the molecule is O=Cc1c(OCc2ccccc2)cccc1-c1cnn(C2CCCCO2)c1. The summed E-state index contributed by atoms with van der Waals surface area (Å²) in [6.45, 7) is 1.18. The van der Waals surface area contributed by atoms with Gasteiger partial charge in [-0.1, -0.05) is 42.5 Å². The predicted molar refractivity (Wildman–Crippen MR) is 103 cm³/mol. The van der Waals surface area contributed by atoms with Gasteiger partial charge < -0.3 is 9.47 Å². The molecule has 0 radical (unpaired) electrons. The van der Waals surface area contributed by atoms with Crippen LogP contribution >= 0.6 is 0 Å². The monoisotopic (exact) mass is 362 g/mol. The molecule has 0 spiro atoms. The topological polar surface area (TPSA) is 53.3 Å². The summed E-state index contributed by atoms with van der Waals surface area (Å²) in [5.74, 6) is 0.577. The molecule has 1 fully saturated rings. The lowest BCUT2D eigenvalue weighted by atomic mass is 10.0. The maximum atomic E-state index is 11.8. The lowest BCUT2D eigenvalue weighted by molar-refractivity contribution is -0.0394. The van der Waals surface area contributed by atoms with E-state index in [9.17, 15) is 4.79 Å². The number of nitrogens with zero attached hydrogens (tertiary/aromatic N) is 2. The molecule has 1 saturated heterocycles. The minimum Gasteiger partial charge on any atom is -0.488 e. The number of ether oxygens (including phenoxy) is 2. The highest BCUT2D eigenvalue weighted by molar-refractivity contribution is 5.90. The fraction of sp³-hybridized carbons (Fsp3) is 0.273. The van der Waals surface area contributed by atoms with E-state index in [4.69, 9.17) is 9.47 Å². The quantitative estimate of drug-likeness (QED) is 0.600. The molecule has 1 unspecified atom stereocenters. The van der Waals surface area contributed by atoms with Crippen LogP contribution in [0.2, 0.25) is 0 Å². The van der Waals surface area contributed by atoms with Crippen molar-refractivity contribution in [1.82, 2.24) is 9.78 Å². The second-order valence-electron chi connectivity index (χ2n) is 6.64. The average Bonchev–Trinajstić information content (AvgIpc) is 3.23. The smallest absolute Gasteiger partial charge is 0.154 e. The maximum Gasteiger partial charge on any atom is 0.154 e. The molecule has 0 saturated carbocycles. The molecular formula is C22H22N2O3. The molecule has 1 atom stereocenters. The second-order valence-corrected chi connectivity index (χ2v) is 6.64. The Morgan fingerprint density at radius 2 is 2.04 bits per heavy atom. The van der Waals surface area contributed by atoms with Crippen molar-refractivity contribution in [2.24, 2.45) is 0 Å². The van der Waals surface area contributed by atoms with Crippen molar-refractivity contribution in [1.29, 1.82) is 0 Å². The van der Waals surface area contributed by atoms with Gasteiger partial charge in [-0.2, -0.15) is 5.10 Å². The Kier molecular flexibility index (Phi) is 5.30. The van der Waals surface area contributed by atoms with Gasteiger partial charge in [0.2, 0.25) is 0 Å². The van der Waals surface area contributed by atoms with Gasteiger partial charge in [-0.25, -0.2) is 4.68 Å². The fourth-order valence-corrected chi connectivity index (χ4v) is 3.35. The average molecular weight is 362 g/mol. The van der Waals surface area contributed by atoms with Gasteiger partial charge in [-0.3, -0.25) is 4.79 Å². The Labute approximate surface area is 158 Å². The predicted octanol–water partition coefficient (Wildman–Crippen LogP) is 4.64. The van der Waals surface area contributed by atoms with Crippen molar-refractivity contribution in [2.75, 3.05) is 6.61 Å². The van der Waals surface area contributed by atoms with Crippen molar-refractivity contribution in [3.8, 4) is 16.9 Å². The van der Waals surface area contributed by atoms with E-state index in [2.05, 4.69) is 5.10 Å². The Morgan fingerprint density at radius 1 is 1.15 bits per heavy atom. The summed E-state index contributed by atoms with van der Waals surface area (Å²) in [6, 6.07) is 15.5. The molecule has 0 aliphatic carbocycles. The lowest BCUT2D eigenvalue weighted by Crippen LogP contribution is -2.18. The third-order valence-electron chi connectivity index (χ3n) is 4.78. The van der Waals surface area contributed by atoms with Crippen LogP contribution in [0, 0.1) is 0 Å². The number of carbonyl (C=O) groups is 1. The van der Waals surface area contributed by atoms with E-state index in [1.807, 2.05) is 59.4 Å². The minimum absolute atomic E-state index is 0.0234. The van der Waals surface area contributed by atoms with Crippen LogP contribution in [-0.4, -0.2) is 22.7 Å². The van der Waals surface area contributed by atoms with E-state index in [1.165, 1.54) is 0 Å². The van der Waals surface area contributed by atoms with Gasteiger partial charge in [0.05, 0.1) is 11.8 Å². The van der Waals surface area contributed by atoms with Crippen molar-refractivity contribution in [2.45, 2.75) is 32.1 Å². The van der Waals surface area contributed by atoms with E-state index in [0.717, 1.165) is 48.8 Å². The van der Waals surface area contributed by atoms with Gasteiger partial charge in [0, 0.05) is 18.4 Å². The first-order valence-corrected chi connectivity index (χ1v) is 9.26. The first-order chi connectivity index (χ1) is 13.3. The van der Waals surface area contributed by atoms with Gasteiger partial charge in [0.15, 0.2) is 6.29 Å². The van der Waals surface area contributed by atoms with Crippen LogP contribution in [0.25, 0.3) is 11.1 Å². The molecule has 5 heteroatoms. The Morgan fingerprint density at radius 3 is 2.81 bits per heavy atom. The normalized spacial score (nSPS) is 16.8. The molecule has 3 aromatic rings. The molecule has 1 aliphatic rings. The zero-order chi connectivity index (χ0) is 18.5. The molecule has 0 N–H and O–H groups in total. The van der Waals surface area contributed by atoms with Crippen LogP contribution in [0.5, 0.6) is 5.75 Å². The first kappa shape index (κ1) is 17.5. The molecule has 0 bridgehead atoms. The maximum absolute atomic E-state index is 11.8.